The second-order valence-electron chi connectivity index (χ2n) is 7.14. The summed E-state index contributed by atoms with van der Waals surface area (Å²) >= 11 is 0. The first kappa shape index (κ1) is 17.4. The minimum atomic E-state index is -0.0266. The molecule has 144 valence electrons. The highest BCUT2D eigenvalue weighted by Gasteiger charge is 2.23. The Balaban J connectivity index is 1.28. The van der Waals surface area contributed by atoms with Gasteiger partial charge in [0.15, 0.2) is 5.82 Å². The highest BCUT2D eigenvalue weighted by Crippen LogP contribution is 2.21. The van der Waals surface area contributed by atoms with Gasteiger partial charge in [0.25, 0.3) is 5.91 Å². The lowest BCUT2D eigenvalue weighted by molar-refractivity contribution is 0.0951. The number of carbonyl (C=O) groups is 1. The SMILES string of the molecule is O=C(NC1CC1)c1ccc(-c2nccc(NCc3nc4ccccc4[nH]3)n2)cc1. The average molecular weight is 384 g/mol. The molecule has 1 aliphatic rings. The Morgan fingerprint density at radius 3 is 2.66 bits per heavy atom. The number of carbonyl (C=O) groups excluding carboxylic acids is 1. The van der Waals surface area contributed by atoms with E-state index in [1.807, 2.05) is 54.6 Å². The molecule has 0 saturated heterocycles. The van der Waals surface area contributed by atoms with E-state index in [2.05, 4.69) is 30.6 Å². The van der Waals surface area contributed by atoms with Gasteiger partial charge >= 0.3 is 0 Å². The molecule has 0 unspecified atom stereocenters. The minimum Gasteiger partial charge on any atom is -0.363 e. The maximum absolute atomic E-state index is 12.1. The Morgan fingerprint density at radius 1 is 1.03 bits per heavy atom. The lowest BCUT2D eigenvalue weighted by Crippen LogP contribution is -2.25. The van der Waals surface area contributed by atoms with Crippen molar-refractivity contribution in [3.05, 3.63) is 72.2 Å². The largest absolute Gasteiger partial charge is 0.363 e. The highest BCUT2D eigenvalue weighted by atomic mass is 16.1. The number of imidazole rings is 1. The van der Waals surface area contributed by atoms with E-state index in [1.54, 1.807) is 6.20 Å². The molecule has 2 heterocycles. The predicted molar refractivity (Wildman–Crippen MR) is 111 cm³/mol. The molecule has 1 saturated carbocycles. The van der Waals surface area contributed by atoms with Crippen molar-refractivity contribution < 1.29 is 4.79 Å². The van der Waals surface area contributed by atoms with E-state index in [9.17, 15) is 4.79 Å². The molecule has 4 aromatic rings. The van der Waals surface area contributed by atoms with Gasteiger partial charge in [0, 0.05) is 23.4 Å². The summed E-state index contributed by atoms with van der Waals surface area (Å²) in [6.45, 7) is 0.533. The Hall–Kier alpha value is -3.74. The summed E-state index contributed by atoms with van der Waals surface area (Å²) in [7, 11) is 0. The lowest BCUT2D eigenvalue weighted by Gasteiger charge is -2.07. The number of para-hydroxylation sites is 2. The van der Waals surface area contributed by atoms with Crippen LogP contribution in [0.5, 0.6) is 0 Å². The number of amides is 1. The summed E-state index contributed by atoms with van der Waals surface area (Å²) in [5, 5.41) is 6.27. The smallest absolute Gasteiger partial charge is 0.251 e. The monoisotopic (exact) mass is 384 g/mol. The number of H-pyrrole nitrogens is 1. The molecule has 7 nitrogen and oxygen atoms in total. The van der Waals surface area contributed by atoms with Gasteiger partial charge in [-0.15, -0.1) is 0 Å². The first-order valence-electron chi connectivity index (χ1n) is 9.66. The molecule has 0 spiro atoms. The number of fused-ring (bicyclic) bond motifs is 1. The fourth-order valence-electron chi connectivity index (χ4n) is 3.13. The Labute approximate surface area is 167 Å². The van der Waals surface area contributed by atoms with Gasteiger partial charge in [0.2, 0.25) is 0 Å². The second-order valence-corrected chi connectivity index (χ2v) is 7.14. The van der Waals surface area contributed by atoms with Crippen molar-refractivity contribution in [2.24, 2.45) is 0 Å². The quantitative estimate of drug-likeness (QED) is 0.473. The van der Waals surface area contributed by atoms with E-state index in [-0.39, 0.29) is 5.91 Å². The highest BCUT2D eigenvalue weighted by molar-refractivity contribution is 5.95. The van der Waals surface area contributed by atoms with Crippen LogP contribution in [0.25, 0.3) is 22.4 Å². The molecule has 0 aliphatic heterocycles. The summed E-state index contributed by atoms with van der Waals surface area (Å²) in [6.07, 6.45) is 3.87. The third-order valence-corrected chi connectivity index (χ3v) is 4.85. The van der Waals surface area contributed by atoms with E-state index in [0.29, 0.717) is 29.8 Å². The van der Waals surface area contributed by atoms with Crippen molar-refractivity contribution in [3.8, 4) is 11.4 Å². The number of rotatable bonds is 6. The zero-order chi connectivity index (χ0) is 19.6. The second kappa shape index (κ2) is 7.35. The zero-order valence-corrected chi connectivity index (χ0v) is 15.7. The zero-order valence-electron chi connectivity index (χ0n) is 15.7. The topological polar surface area (TPSA) is 95.6 Å². The van der Waals surface area contributed by atoms with Gasteiger partial charge in [-0.3, -0.25) is 4.79 Å². The molecular weight excluding hydrogens is 364 g/mol. The number of benzene rings is 2. The molecule has 2 aromatic carbocycles. The molecule has 0 bridgehead atoms. The van der Waals surface area contributed by atoms with Gasteiger partial charge in [0.1, 0.15) is 11.6 Å². The number of nitrogens with one attached hydrogen (secondary N) is 3. The number of aromatic nitrogens is 4. The van der Waals surface area contributed by atoms with Crippen molar-refractivity contribution in [1.82, 2.24) is 25.3 Å². The maximum atomic E-state index is 12.1. The van der Waals surface area contributed by atoms with E-state index in [4.69, 9.17) is 0 Å². The summed E-state index contributed by atoms with van der Waals surface area (Å²) in [5.41, 5.74) is 3.47. The van der Waals surface area contributed by atoms with Crippen LogP contribution in [0, 0.1) is 0 Å². The van der Waals surface area contributed by atoms with Gasteiger partial charge in [0.05, 0.1) is 17.6 Å². The third-order valence-electron chi connectivity index (χ3n) is 4.85. The lowest BCUT2D eigenvalue weighted by atomic mass is 10.1. The van der Waals surface area contributed by atoms with Crippen LogP contribution in [0.1, 0.15) is 29.0 Å². The van der Waals surface area contributed by atoms with E-state index >= 15 is 0 Å². The fourth-order valence-corrected chi connectivity index (χ4v) is 3.13. The van der Waals surface area contributed by atoms with Crippen LogP contribution in [0.3, 0.4) is 0 Å². The summed E-state index contributed by atoms with van der Waals surface area (Å²) in [6, 6.07) is 17.5. The van der Waals surface area contributed by atoms with Crippen molar-refractivity contribution in [2.75, 3.05) is 5.32 Å². The fraction of sp³-hybridized carbons (Fsp3) is 0.182. The summed E-state index contributed by atoms with van der Waals surface area (Å²) in [4.78, 5) is 28.9. The molecular formula is C22H20N6O. The van der Waals surface area contributed by atoms with Crippen LogP contribution in [-0.4, -0.2) is 31.9 Å². The van der Waals surface area contributed by atoms with Crippen LogP contribution in [0.15, 0.2) is 60.8 Å². The van der Waals surface area contributed by atoms with Crippen LogP contribution in [0.4, 0.5) is 5.82 Å². The molecule has 3 N–H and O–H groups in total. The molecule has 1 aliphatic carbocycles. The first-order chi connectivity index (χ1) is 14.2. The first-order valence-corrected chi connectivity index (χ1v) is 9.66. The number of nitrogens with zero attached hydrogens (tertiary/aromatic N) is 3. The average Bonchev–Trinajstić information content (AvgIpc) is 3.47. The van der Waals surface area contributed by atoms with E-state index < -0.39 is 0 Å². The molecule has 29 heavy (non-hydrogen) atoms. The Bertz CT molecular complexity index is 1130. The molecule has 2 aromatic heterocycles. The molecule has 5 rings (SSSR count). The molecule has 0 radical (unpaired) electrons. The predicted octanol–water partition coefficient (Wildman–Crippen LogP) is 3.52. The normalized spacial score (nSPS) is 13.4. The van der Waals surface area contributed by atoms with Crippen LogP contribution < -0.4 is 10.6 Å². The van der Waals surface area contributed by atoms with Gasteiger partial charge in [-0.05, 0) is 43.2 Å². The van der Waals surface area contributed by atoms with Crippen molar-refractivity contribution in [3.63, 3.8) is 0 Å². The molecule has 0 atom stereocenters. The molecule has 1 amide bonds. The van der Waals surface area contributed by atoms with Crippen LogP contribution in [0.2, 0.25) is 0 Å². The number of hydrogen-bond acceptors (Lipinski definition) is 5. The maximum Gasteiger partial charge on any atom is 0.251 e. The Kier molecular flexibility index (Phi) is 4.40. The van der Waals surface area contributed by atoms with Gasteiger partial charge in [-0.1, -0.05) is 24.3 Å². The van der Waals surface area contributed by atoms with Gasteiger partial charge in [-0.2, -0.15) is 0 Å². The van der Waals surface area contributed by atoms with Gasteiger partial charge in [-0.25, -0.2) is 15.0 Å². The Morgan fingerprint density at radius 2 is 1.86 bits per heavy atom. The number of aromatic amines is 1. The van der Waals surface area contributed by atoms with Crippen molar-refractivity contribution >= 4 is 22.8 Å². The van der Waals surface area contributed by atoms with Gasteiger partial charge < -0.3 is 15.6 Å². The minimum absolute atomic E-state index is 0.0266. The number of anilines is 1. The van der Waals surface area contributed by atoms with Crippen LogP contribution in [-0.2, 0) is 6.54 Å². The van der Waals surface area contributed by atoms with Crippen molar-refractivity contribution in [1.29, 1.82) is 0 Å². The number of hydrogen-bond donors (Lipinski definition) is 3. The molecule has 1 fully saturated rings. The van der Waals surface area contributed by atoms with Crippen LogP contribution >= 0.6 is 0 Å². The summed E-state index contributed by atoms with van der Waals surface area (Å²) in [5.74, 6) is 2.14. The van der Waals surface area contributed by atoms with Crippen molar-refractivity contribution in [2.45, 2.75) is 25.4 Å². The third kappa shape index (κ3) is 3.94. The van der Waals surface area contributed by atoms with E-state index in [1.165, 1.54) is 0 Å². The summed E-state index contributed by atoms with van der Waals surface area (Å²) < 4.78 is 0. The molecule has 7 heteroatoms. The van der Waals surface area contributed by atoms with E-state index in [0.717, 1.165) is 35.3 Å². The standard InChI is InChI=1S/C22H20N6O/c29-22(25-16-9-10-16)15-7-5-14(6-8-15)21-23-12-11-19(28-21)24-13-20-26-17-3-1-2-4-18(17)27-20/h1-8,11-12,16H,9-10,13H2,(H,25,29)(H,26,27)(H,23,24,28).